The maximum absolute atomic E-state index is 10.9. The van der Waals surface area contributed by atoms with Crippen LogP contribution in [0.5, 0.6) is 0 Å². The third kappa shape index (κ3) is 3.32. The molecule has 0 saturated carbocycles. The predicted octanol–water partition coefficient (Wildman–Crippen LogP) is 4.53. The molecule has 0 bridgehead atoms. The van der Waals surface area contributed by atoms with E-state index in [4.69, 9.17) is 0 Å². The van der Waals surface area contributed by atoms with Gasteiger partial charge in [-0.05, 0) is 30.7 Å². The van der Waals surface area contributed by atoms with E-state index in [1.54, 1.807) is 18.2 Å². The van der Waals surface area contributed by atoms with Crippen LogP contribution >= 0.6 is 15.9 Å². The fourth-order valence-electron chi connectivity index (χ4n) is 1.82. The van der Waals surface area contributed by atoms with Crippen LogP contribution in [0.25, 0.3) is 0 Å². The Morgan fingerprint density at radius 1 is 1.16 bits per heavy atom. The molecular formula is C14H13BrN2O2. The van der Waals surface area contributed by atoms with Gasteiger partial charge in [-0.1, -0.05) is 40.2 Å². The maximum Gasteiger partial charge on any atom is 0.292 e. The van der Waals surface area contributed by atoms with Gasteiger partial charge in [0.15, 0.2) is 0 Å². The normalized spacial score (nSPS) is 11.9. The Kier molecular flexibility index (Phi) is 4.16. The van der Waals surface area contributed by atoms with Gasteiger partial charge >= 0.3 is 0 Å². The first-order valence-electron chi connectivity index (χ1n) is 5.83. The molecule has 0 spiro atoms. The molecule has 2 aromatic rings. The molecule has 0 radical (unpaired) electrons. The van der Waals surface area contributed by atoms with E-state index in [1.165, 1.54) is 6.07 Å². The van der Waals surface area contributed by atoms with Gasteiger partial charge in [0.2, 0.25) is 0 Å². The monoisotopic (exact) mass is 320 g/mol. The highest BCUT2D eigenvalue weighted by Crippen LogP contribution is 2.28. The van der Waals surface area contributed by atoms with Crippen LogP contribution in [-0.2, 0) is 0 Å². The number of nitro benzene ring substituents is 1. The van der Waals surface area contributed by atoms with Crippen molar-refractivity contribution in [2.75, 3.05) is 5.32 Å². The molecule has 0 aliphatic carbocycles. The molecule has 2 aromatic carbocycles. The van der Waals surface area contributed by atoms with Crippen molar-refractivity contribution in [1.82, 2.24) is 0 Å². The second-order valence-electron chi connectivity index (χ2n) is 4.19. The molecule has 0 saturated heterocycles. The molecule has 0 heterocycles. The van der Waals surface area contributed by atoms with Crippen LogP contribution in [0.2, 0.25) is 0 Å². The molecule has 4 nitrogen and oxygen atoms in total. The van der Waals surface area contributed by atoms with E-state index in [9.17, 15) is 10.1 Å². The topological polar surface area (TPSA) is 55.2 Å². The van der Waals surface area contributed by atoms with E-state index in [2.05, 4.69) is 21.2 Å². The zero-order valence-corrected chi connectivity index (χ0v) is 11.9. The summed E-state index contributed by atoms with van der Waals surface area (Å²) in [6.07, 6.45) is 0. The molecule has 0 unspecified atom stereocenters. The van der Waals surface area contributed by atoms with Gasteiger partial charge in [0.25, 0.3) is 5.69 Å². The molecule has 0 aliphatic heterocycles. The summed E-state index contributed by atoms with van der Waals surface area (Å²) in [5.41, 5.74) is 1.69. The highest BCUT2D eigenvalue weighted by atomic mass is 79.9. The van der Waals surface area contributed by atoms with E-state index in [0.29, 0.717) is 5.69 Å². The largest absolute Gasteiger partial charge is 0.373 e. The lowest BCUT2D eigenvalue weighted by Gasteiger charge is -2.15. The SMILES string of the molecule is C[C@H](Nc1ccccc1[N+](=O)[O-])c1ccc(Br)cc1. The van der Waals surface area contributed by atoms with Gasteiger partial charge in [-0.15, -0.1) is 0 Å². The Balaban J connectivity index is 2.21. The second-order valence-corrected chi connectivity index (χ2v) is 5.11. The average Bonchev–Trinajstić information content (AvgIpc) is 2.39. The molecule has 0 amide bonds. The fourth-order valence-corrected chi connectivity index (χ4v) is 2.09. The lowest BCUT2D eigenvalue weighted by atomic mass is 10.1. The molecule has 1 N–H and O–H groups in total. The van der Waals surface area contributed by atoms with E-state index >= 15 is 0 Å². The minimum Gasteiger partial charge on any atom is -0.373 e. The van der Waals surface area contributed by atoms with E-state index in [-0.39, 0.29) is 16.7 Å². The van der Waals surface area contributed by atoms with Crippen LogP contribution in [0.4, 0.5) is 11.4 Å². The van der Waals surface area contributed by atoms with Crippen LogP contribution in [0.1, 0.15) is 18.5 Å². The first kappa shape index (κ1) is 13.5. The summed E-state index contributed by atoms with van der Waals surface area (Å²) in [6, 6.07) is 14.5. The summed E-state index contributed by atoms with van der Waals surface area (Å²) in [5.74, 6) is 0. The molecular weight excluding hydrogens is 308 g/mol. The van der Waals surface area contributed by atoms with E-state index in [0.717, 1.165) is 10.0 Å². The predicted molar refractivity (Wildman–Crippen MR) is 79.3 cm³/mol. The number of anilines is 1. The Morgan fingerprint density at radius 2 is 1.79 bits per heavy atom. The maximum atomic E-state index is 10.9. The number of rotatable bonds is 4. The zero-order chi connectivity index (χ0) is 13.8. The van der Waals surface area contributed by atoms with E-state index < -0.39 is 0 Å². The van der Waals surface area contributed by atoms with Crippen molar-refractivity contribution in [3.05, 3.63) is 68.7 Å². The van der Waals surface area contributed by atoms with Crippen LogP contribution in [0, 0.1) is 10.1 Å². The number of para-hydroxylation sites is 2. The number of hydrogen-bond acceptors (Lipinski definition) is 3. The van der Waals surface area contributed by atoms with Gasteiger partial charge in [0.1, 0.15) is 5.69 Å². The molecule has 19 heavy (non-hydrogen) atoms. The zero-order valence-electron chi connectivity index (χ0n) is 10.3. The van der Waals surface area contributed by atoms with Crippen molar-refractivity contribution in [3.8, 4) is 0 Å². The van der Waals surface area contributed by atoms with Crippen LogP contribution in [-0.4, -0.2) is 4.92 Å². The highest BCUT2D eigenvalue weighted by molar-refractivity contribution is 9.10. The van der Waals surface area contributed by atoms with Gasteiger partial charge in [-0.25, -0.2) is 0 Å². The third-order valence-electron chi connectivity index (χ3n) is 2.84. The molecule has 0 fully saturated rings. The molecule has 1 atom stereocenters. The number of hydrogen-bond donors (Lipinski definition) is 1. The number of halogens is 1. The Hall–Kier alpha value is -1.88. The van der Waals surface area contributed by atoms with Crippen LogP contribution < -0.4 is 5.32 Å². The standard InChI is InChI=1S/C14H13BrN2O2/c1-10(11-6-8-12(15)9-7-11)16-13-4-2-3-5-14(13)17(18)19/h2-10,16H,1H3/t10-/m0/s1. The van der Waals surface area contributed by atoms with E-state index in [1.807, 2.05) is 31.2 Å². The molecule has 0 aliphatic rings. The quantitative estimate of drug-likeness (QED) is 0.665. The van der Waals surface area contributed by atoms with Crippen molar-refractivity contribution in [2.45, 2.75) is 13.0 Å². The summed E-state index contributed by atoms with van der Waals surface area (Å²) in [6.45, 7) is 1.97. The number of nitro groups is 1. The Labute approximate surface area is 119 Å². The van der Waals surface area contributed by atoms with Crippen LogP contribution in [0.3, 0.4) is 0 Å². The molecule has 2 rings (SSSR count). The lowest BCUT2D eigenvalue weighted by molar-refractivity contribution is -0.384. The van der Waals surface area contributed by atoms with Gasteiger partial charge in [0, 0.05) is 16.6 Å². The summed E-state index contributed by atoms with van der Waals surface area (Å²) < 4.78 is 1.01. The van der Waals surface area contributed by atoms with Crippen molar-refractivity contribution < 1.29 is 4.92 Å². The van der Waals surface area contributed by atoms with Crippen molar-refractivity contribution >= 4 is 27.3 Å². The van der Waals surface area contributed by atoms with Gasteiger partial charge in [0.05, 0.1) is 4.92 Å². The number of benzene rings is 2. The third-order valence-corrected chi connectivity index (χ3v) is 3.37. The van der Waals surface area contributed by atoms with Crippen molar-refractivity contribution in [2.24, 2.45) is 0 Å². The Bertz CT molecular complexity index is 584. The highest BCUT2D eigenvalue weighted by Gasteiger charge is 2.14. The smallest absolute Gasteiger partial charge is 0.292 e. The minimum absolute atomic E-state index is 0.00537. The summed E-state index contributed by atoms with van der Waals surface area (Å²) in [5, 5.41) is 14.1. The molecule has 98 valence electrons. The minimum atomic E-state index is -0.378. The average molecular weight is 321 g/mol. The first-order valence-corrected chi connectivity index (χ1v) is 6.62. The lowest BCUT2D eigenvalue weighted by Crippen LogP contribution is -2.08. The summed E-state index contributed by atoms with van der Waals surface area (Å²) in [4.78, 5) is 10.6. The summed E-state index contributed by atoms with van der Waals surface area (Å²) in [7, 11) is 0. The summed E-state index contributed by atoms with van der Waals surface area (Å²) >= 11 is 3.38. The van der Waals surface area contributed by atoms with Crippen molar-refractivity contribution in [3.63, 3.8) is 0 Å². The number of nitrogens with zero attached hydrogens (tertiary/aromatic N) is 1. The van der Waals surface area contributed by atoms with Gasteiger partial charge in [-0.3, -0.25) is 10.1 Å². The molecule has 5 heteroatoms. The number of nitrogens with one attached hydrogen (secondary N) is 1. The Morgan fingerprint density at radius 3 is 2.42 bits per heavy atom. The van der Waals surface area contributed by atoms with Gasteiger partial charge < -0.3 is 5.32 Å². The molecule has 0 aromatic heterocycles. The van der Waals surface area contributed by atoms with Gasteiger partial charge in [-0.2, -0.15) is 0 Å². The fraction of sp³-hybridized carbons (Fsp3) is 0.143. The van der Waals surface area contributed by atoms with Crippen LogP contribution in [0.15, 0.2) is 53.0 Å². The van der Waals surface area contributed by atoms with Crippen molar-refractivity contribution in [1.29, 1.82) is 0 Å². The second kappa shape index (κ2) is 5.84. The first-order chi connectivity index (χ1) is 9.08.